The number of carboxylic acid groups (broad SMARTS) is 1. The van der Waals surface area contributed by atoms with Crippen LogP contribution in [0.5, 0.6) is 0 Å². The summed E-state index contributed by atoms with van der Waals surface area (Å²) in [5, 5.41) is 16.3. The number of fused-ring (bicyclic) bond motifs is 1. The van der Waals surface area contributed by atoms with Crippen LogP contribution < -0.4 is 15.5 Å². The Kier molecular flexibility index (Phi) is 9.61. The van der Waals surface area contributed by atoms with Crippen LogP contribution in [0.2, 0.25) is 0 Å². The summed E-state index contributed by atoms with van der Waals surface area (Å²) in [6, 6.07) is 11.7. The molecule has 3 aliphatic heterocycles. The van der Waals surface area contributed by atoms with Crippen molar-refractivity contribution >= 4 is 23.4 Å². The van der Waals surface area contributed by atoms with Crippen LogP contribution in [0, 0.1) is 5.92 Å². The van der Waals surface area contributed by atoms with E-state index >= 15 is 0 Å². The van der Waals surface area contributed by atoms with Gasteiger partial charge in [0.25, 0.3) is 0 Å². The smallest absolute Gasteiger partial charge is 0.305 e. The van der Waals surface area contributed by atoms with Gasteiger partial charge < -0.3 is 30.3 Å². The maximum atomic E-state index is 13.5. The van der Waals surface area contributed by atoms with Crippen molar-refractivity contribution in [1.29, 1.82) is 0 Å². The van der Waals surface area contributed by atoms with Crippen LogP contribution in [-0.2, 0) is 27.2 Å². The second kappa shape index (κ2) is 13.2. The number of anilines is 2. The highest BCUT2D eigenvalue weighted by atomic mass is 16.5. The quantitative estimate of drug-likeness (QED) is 0.362. The van der Waals surface area contributed by atoms with Crippen molar-refractivity contribution in [2.75, 3.05) is 49.5 Å². The van der Waals surface area contributed by atoms with Gasteiger partial charge in [-0.3, -0.25) is 9.59 Å². The van der Waals surface area contributed by atoms with E-state index in [2.05, 4.69) is 66.3 Å². The lowest BCUT2D eigenvalue weighted by atomic mass is 9.94. The molecule has 0 bridgehead atoms. The number of nitrogens with zero attached hydrogens (tertiary/aromatic N) is 3. The van der Waals surface area contributed by atoms with Crippen LogP contribution in [0.25, 0.3) is 0 Å². The standard InChI is InChI=1S/C34H49N5O4/c1-33(2)22-39(23-34(3,4)43-33)28-13-5-9-25(19-28)29(20-30(40)41)37-32(42)26-11-7-17-38(21-26)18-8-12-27-15-14-24-10-6-16-35-31(24)36-27/h5,9,13-15,19,26,29H,6-8,10-12,16-18,20-23H2,1-4H3,(H,35,36)(H,37,42)(H,40,41)/t26-,29+/m1/s1. The summed E-state index contributed by atoms with van der Waals surface area (Å²) in [4.78, 5) is 34.9. The van der Waals surface area contributed by atoms with Crippen LogP contribution in [0.4, 0.5) is 11.5 Å². The zero-order valence-electron chi connectivity index (χ0n) is 26.3. The molecule has 0 unspecified atom stereocenters. The first kappa shape index (κ1) is 31.3. The Labute approximate surface area is 256 Å². The predicted octanol–water partition coefficient (Wildman–Crippen LogP) is 4.81. The predicted molar refractivity (Wildman–Crippen MR) is 170 cm³/mol. The number of likely N-dealkylation sites (tertiary alicyclic amines) is 1. The minimum absolute atomic E-state index is 0.0579. The van der Waals surface area contributed by atoms with E-state index in [0.717, 1.165) is 94.0 Å². The molecule has 43 heavy (non-hydrogen) atoms. The van der Waals surface area contributed by atoms with Gasteiger partial charge in [0.1, 0.15) is 5.82 Å². The fourth-order valence-corrected chi connectivity index (χ4v) is 7.09. The van der Waals surface area contributed by atoms with E-state index in [4.69, 9.17) is 9.72 Å². The van der Waals surface area contributed by atoms with Gasteiger partial charge in [0.05, 0.1) is 29.6 Å². The fourth-order valence-electron chi connectivity index (χ4n) is 7.09. The number of aryl methyl sites for hydroxylation is 2. The number of morpholine rings is 1. The molecular formula is C34H49N5O4. The lowest BCUT2D eigenvalue weighted by molar-refractivity contribution is -0.138. The van der Waals surface area contributed by atoms with Gasteiger partial charge in [0.15, 0.2) is 0 Å². The largest absolute Gasteiger partial charge is 0.481 e. The Morgan fingerprint density at radius 2 is 1.93 bits per heavy atom. The van der Waals surface area contributed by atoms with Gasteiger partial charge in [0.2, 0.25) is 5.91 Å². The summed E-state index contributed by atoms with van der Waals surface area (Å²) >= 11 is 0. The van der Waals surface area contributed by atoms with E-state index in [1.807, 2.05) is 18.2 Å². The second-order valence-corrected chi connectivity index (χ2v) is 13.8. The van der Waals surface area contributed by atoms with Gasteiger partial charge in [-0.1, -0.05) is 18.2 Å². The molecule has 2 aromatic rings. The van der Waals surface area contributed by atoms with E-state index < -0.39 is 12.0 Å². The van der Waals surface area contributed by atoms with Crippen molar-refractivity contribution < 1.29 is 19.4 Å². The molecule has 5 rings (SSSR count). The average Bonchev–Trinajstić information content (AvgIpc) is 2.95. The fraction of sp³-hybridized carbons (Fsp3) is 0.618. The molecule has 1 amide bonds. The van der Waals surface area contributed by atoms with Crippen molar-refractivity contribution in [3.63, 3.8) is 0 Å². The molecule has 1 aromatic carbocycles. The van der Waals surface area contributed by atoms with E-state index in [9.17, 15) is 14.7 Å². The molecule has 4 heterocycles. The average molecular weight is 592 g/mol. The van der Waals surface area contributed by atoms with E-state index in [-0.39, 0.29) is 29.4 Å². The minimum Gasteiger partial charge on any atom is -0.481 e. The Morgan fingerprint density at radius 3 is 2.70 bits per heavy atom. The minimum atomic E-state index is -0.930. The normalized spacial score (nSPS) is 22.2. The van der Waals surface area contributed by atoms with Gasteiger partial charge in [-0.25, -0.2) is 4.98 Å². The van der Waals surface area contributed by atoms with E-state index in [1.165, 1.54) is 5.56 Å². The third-order valence-corrected chi connectivity index (χ3v) is 8.76. The third-order valence-electron chi connectivity index (χ3n) is 8.76. The molecular weight excluding hydrogens is 542 g/mol. The highest BCUT2D eigenvalue weighted by Crippen LogP contribution is 2.33. The number of amides is 1. The number of hydrogen-bond acceptors (Lipinski definition) is 7. The number of benzene rings is 1. The number of rotatable bonds is 10. The number of carboxylic acids is 1. The van der Waals surface area contributed by atoms with Crippen LogP contribution >= 0.6 is 0 Å². The highest BCUT2D eigenvalue weighted by Gasteiger charge is 2.38. The maximum absolute atomic E-state index is 13.5. The van der Waals surface area contributed by atoms with Crippen LogP contribution in [0.3, 0.4) is 0 Å². The van der Waals surface area contributed by atoms with Gasteiger partial charge >= 0.3 is 5.97 Å². The molecule has 0 saturated carbocycles. The number of ether oxygens (including phenoxy) is 1. The molecule has 0 aliphatic carbocycles. The molecule has 1 aromatic heterocycles. The summed E-state index contributed by atoms with van der Waals surface area (Å²) in [5.41, 5.74) is 3.63. The lowest BCUT2D eigenvalue weighted by Crippen LogP contribution is -2.57. The molecule has 0 spiro atoms. The Morgan fingerprint density at radius 1 is 1.14 bits per heavy atom. The number of carbonyl (C=O) groups is 2. The molecule has 234 valence electrons. The number of aliphatic carboxylic acids is 1. The van der Waals surface area contributed by atoms with Crippen LogP contribution in [-0.4, -0.2) is 77.3 Å². The first-order valence-corrected chi connectivity index (χ1v) is 16.0. The van der Waals surface area contributed by atoms with Crippen molar-refractivity contribution in [1.82, 2.24) is 15.2 Å². The zero-order valence-corrected chi connectivity index (χ0v) is 26.3. The third kappa shape index (κ3) is 8.48. The van der Waals surface area contributed by atoms with Crippen LogP contribution in [0.1, 0.15) is 82.7 Å². The molecule has 9 heteroatoms. The topological polar surface area (TPSA) is 107 Å². The Hall–Kier alpha value is -3.17. The maximum Gasteiger partial charge on any atom is 0.305 e. The number of piperidine rings is 1. The number of carbonyl (C=O) groups excluding carboxylic acids is 1. The van der Waals surface area contributed by atoms with Crippen molar-refractivity contribution in [3.05, 3.63) is 53.2 Å². The van der Waals surface area contributed by atoms with Gasteiger partial charge in [-0.05, 0) is 109 Å². The van der Waals surface area contributed by atoms with Crippen LogP contribution in [0.15, 0.2) is 36.4 Å². The molecule has 2 saturated heterocycles. The Bertz CT molecular complexity index is 1280. The molecule has 2 fully saturated rings. The summed E-state index contributed by atoms with van der Waals surface area (Å²) in [6.45, 7) is 13.4. The number of hydrogen-bond donors (Lipinski definition) is 3. The van der Waals surface area contributed by atoms with Crippen molar-refractivity contribution in [2.24, 2.45) is 5.92 Å². The lowest BCUT2D eigenvalue weighted by Gasteiger charge is -2.48. The summed E-state index contributed by atoms with van der Waals surface area (Å²) in [5.74, 6) is -0.101. The monoisotopic (exact) mass is 591 g/mol. The molecule has 3 N–H and O–H groups in total. The first-order chi connectivity index (χ1) is 20.5. The summed E-state index contributed by atoms with van der Waals surface area (Å²) < 4.78 is 6.25. The number of aromatic nitrogens is 1. The first-order valence-electron chi connectivity index (χ1n) is 16.0. The second-order valence-electron chi connectivity index (χ2n) is 13.8. The summed E-state index contributed by atoms with van der Waals surface area (Å²) in [6.07, 6.45) is 5.77. The van der Waals surface area contributed by atoms with Gasteiger partial charge in [-0.15, -0.1) is 0 Å². The van der Waals surface area contributed by atoms with Gasteiger partial charge in [0, 0.05) is 37.6 Å². The molecule has 2 atom stereocenters. The van der Waals surface area contributed by atoms with Gasteiger partial charge in [-0.2, -0.15) is 0 Å². The highest BCUT2D eigenvalue weighted by molar-refractivity contribution is 5.80. The zero-order chi connectivity index (χ0) is 30.6. The molecule has 9 nitrogen and oxygen atoms in total. The summed E-state index contributed by atoms with van der Waals surface area (Å²) in [7, 11) is 0. The van der Waals surface area contributed by atoms with Crippen molar-refractivity contribution in [3.8, 4) is 0 Å². The molecule has 3 aliphatic rings. The number of nitrogens with one attached hydrogen (secondary N) is 2. The van der Waals surface area contributed by atoms with Crippen molar-refractivity contribution in [2.45, 2.75) is 89.9 Å². The number of pyridine rings is 1. The van der Waals surface area contributed by atoms with E-state index in [0.29, 0.717) is 6.54 Å². The van der Waals surface area contributed by atoms with E-state index in [1.54, 1.807) is 0 Å². The Balaban J connectivity index is 1.19. The SMILES string of the molecule is CC1(C)CN(c2cccc([C@H](CC(=O)O)NC(=O)[C@@H]3CCCN(CCCc4ccc5c(n4)NCCC5)C3)c2)CC(C)(C)O1. The molecule has 0 radical (unpaired) electrons.